The van der Waals surface area contributed by atoms with Crippen molar-refractivity contribution in [2.24, 2.45) is 0 Å². The van der Waals surface area contributed by atoms with Gasteiger partial charge < -0.3 is 18.0 Å². The molecule has 0 fully saturated rings. The second kappa shape index (κ2) is 6.73. The van der Waals surface area contributed by atoms with E-state index in [4.69, 9.17) is 18.0 Å². The van der Waals surface area contributed by atoms with Gasteiger partial charge in [0, 0.05) is 26.3 Å². The lowest BCUT2D eigenvalue weighted by Crippen LogP contribution is -2.46. The van der Waals surface area contributed by atoms with Crippen molar-refractivity contribution in [1.82, 2.24) is 0 Å². The van der Waals surface area contributed by atoms with Crippen LogP contribution in [0.1, 0.15) is 13.8 Å². The average Bonchev–Trinajstić information content (AvgIpc) is 2.26. The molecule has 0 aliphatic carbocycles. The molecule has 88 valence electrons. The quantitative estimate of drug-likeness (QED) is 0.288. The molecule has 0 N–H and O–H groups in total. The Kier molecular flexibility index (Phi) is 6.42. The van der Waals surface area contributed by atoms with Crippen LogP contribution >= 0.6 is 0 Å². The minimum Gasteiger partial charge on any atom is -0.434 e. The molecule has 6 heteroatoms. The molecule has 0 bridgehead atoms. The summed E-state index contributed by atoms with van der Waals surface area (Å²) in [6.07, 6.45) is 0.372. The summed E-state index contributed by atoms with van der Waals surface area (Å²) in [7, 11) is 0.359. The highest BCUT2D eigenvalue weighted by Crippen LogP contribution is 2.15. The number of rotatable bonds is 7. The van der Waals surface area contributed by atoms with Gasteiger partial charge >= 0.3 is 14.8 Å². The smallest absolute Gasteiger partial charge is 0.434 e. The van der Waals surface area contributed by atoms with Crippen molar-refractivity contribution < 1.29 is 22.8 Å². The van der Waals surface area contributed by atoms with E-state index in [1.165, 1.54) is 14.2 Å². The summed E-state index contributed by atoms with van der Waals surface area (Å²) < 4.78 is 20.7. The maximum Gasteiger partial charge on any atom is 0.502 e. The Balaban J connectivity index is 4.28. The molecule has 0 saturated carbocycles. The van der Waals surface area contributed by atoms with E-state index in [0.717, 1.165) is 6.08 Å². The topological polar surface area (TPSA) is 54.0 Å². The molecule has 0 amide bonds. The van der Waals surface area contributed by atoms with Gasteiger partial charge in [-0.05, 0) is 6.92 Å². The van der Waals surface area contributed by atoms with Crippen LogP contribution in [0.25, 0.3) is 0 Å². The zero-order chi connectivity index (χ0) is 11.9. The van der Waals surface area contributed by atoms with E-state index < -0.39 is 21.1 Å². The number of esters is 1. The molecule has 0 aliphatic rings. The molecule has 0 aromatic heterocycles. The zero-order valence-corrected chi connectivity index (χ0v) is 10.6. The average molecular weight is 234 g/mol. The summed E-state index contributed by atoms with van der Waals surface area (Å²) in [5.41, 5.74) is 0. The molecule has 0 radical (unpaired) electrons. The lowest BCUT2D eigenvalue weighted by atomic mass is 10.6. The van der Waals surface area contributed by atoms with Crippen molar-refractivity contribution >= 4 is 14.8 Å². The molecule has 0 saturated heterocycles. The van der Waals surface area contributed by atoms with E-state index in [1.807, 2.05) is 6.92 Å². The van der Waals surface area contributed by atoms with Gasteiger partial charge in [-0.1, -0.05) is 13.5 Å². The van der Waals surface area contributed by atoms with Crippen molar-refractivity contribution in [3.05, 3.63) is 12.7 Å². The normalized spacial score (nSPS) is 13.3. The molecule has 1 unspecified atom stereocenters. The summed E-state index contributed by atoms with van der Waals surface area (Å²) in [6, 6.07) is 0.607. The van der Waals surface area contributed by atoms with E-state index >= 15 is 0 Å². The first-order chi connectivity index (χ1) is 7.03. The Bertz CT molecular complexity index is 206. The Morgan fingerprint density at radius 2 is 2.00 bits per heavy atom. The number of ether oxygens (including phenoxy) is 1. The van der Waals surface area contributed by atoms with Crippen molar-refractivity contribution in [2.45, 2.75) is 26.2 Å². The van der Waals surface area contributed by atoms with E-state index in [9.17, 15) is 4.79 Å². The Morgan fingerprint density at radius 3 is 2.33 bits per heavy atom. The maximum atomic E-state index is 10.9. The molecule has 5 nitrogen and oxygen atoms in total. The third kappa shape index (κ3) is 4.56. The van der Waals surface area contributed by atoms with E-state index in [0.29, 0.717) is 6.04 Å². The van der Waals surface area contributed by atoms with Gasteiger partial charge in [0.1, 0.15) is 0 Å². The van der Waals surface area contributed by atoms with E-state index in [2.05, 4.69) is 6.58 Å². The van der Waals surface area contributed by atoms with Gasteiger partial charge in [0.25, 0.3) is 0 Å². The summed E-state index contributed by atoms with van der Waals surface area (Å²) in [5, 5.41) is 0. The number of hydrogen-bond donors (Lipinski definition) is 0. The monoisotopic (exact) mass is 234 g/mol. The van der Waals surface area contributed by atoms with Gasteiger partial charge in [-0.15, -0.1) is 0 Å². The van der Waals surface area contributed by atoms with Crippen LogP contribution < -0.4 is 0 Å². The van der Waals surface area contributed by atoms with Gasteiger partial charge in [-0.3, -0.25) is 0 Å². The predicted molar refractivity (Wildman–Crippen MR) is 57.1 cm³/mol. The van der Waals surface area contributed by atoms with E-state index in [-0.39, 0.29) is 0 Å². The Labute approximate surface area is 91.3 Å². The van der Waals surface area contributed by atoms with Crippen LogP contribution in [-0.2, 0) is 22.8 Å². The molecular formula is C9H18O5Si. The molecular weight excluding hydrogens is 216 g/mol. The Morgan fingerprint density at radius 1 is 1.47 bits per heavy atom. The SMILES string of the molecule is C=CC(=O)OC(C)O[Si](CC)(OC)OC. The van der Waals surface area contributed by atoms with Crippen molar-refractivity contribution in [1.29, 1.82) is 0 Å². The van der Waals surface area contributed by atoms with Crippen molar-refractivity contribution in [3.63, 3.8) is 0 Å². The zero-order valence-electron chi connectivity index (χ0n) is 9.61. The summed E-state index contributed by atoms with van der Waals surface area (Å²) in [4.78, 5) is 10.9. The predicted octanol–water partition coefficient (Wildman–Crippen LogP) is 1.33. The number of carbonyl (C=O) groups is 1. The molecule has 0 aromatic carbocycles. The van der Waals surface area contributed by atoms with Crippen LogP contribution in [-0.4, -0.2) is 35.3 Å². The molecule has 0 aliphatic heterocycles. The van der Waals surface area contributed by atoms with Crippen LogP contribution in [0.5, 0.6) is 0 Å². The van der Waals surface area contributed by atoms with Gasteiger partial charge in [0.05, 0.1) is 0 Å². The lowest BCUT2D eigenvalue weighted by molar-refractivity contribution is -0.160. The second-order valence-electron chi connectivity index (χ2n) is 2.77. The van der Waals surface area contributed by atoms with Gasteiger partial charge in [-0.25, -0.2) is 4.79 Å². The second-order valence-corrected chi connectivity index (χ2v) is 5.90. The summed E-state index contributed by atoms with van der Waals surface area (Å²) in [6.45, 7) is 6.79. The summed E-state index contributed by atoms with van der Waals surface area (Å²) >= 11 is 0. The van der Waals surface area contributed by atoms with Crippen LogP contribution in [0.15, 0.2) is 12.7 Å². The van der Waals surface area contributed by atoms with Crippen molar-refractivity contribution in [2.75, 3.05) is 14.2 Å². The third-order valence-corrected chi connectivity index (χ3v) is 4.65. The van der Waals surface area contributed by atoms with Crippen LogP contribution in [0.4, 0.5) is 0 Å². The van der Waals surface area contributed by atoms with Crippen LogP contribution in [0.2, 0.25) is 6.04 Å². The van der Waals surface area contributed by atoms with Gasteiger partial charge in [0.2, 0.25) is 0 Å². The van der Waals surface area contributed by atoms with E-state index in [1.54, 1.807) is 6.92 Å². The molecule has 1 atom stereocenters. The van der Waals surface area contributed by atoms with Gasteiger partial charge in [0.15, 0.2) is 6.29 Å². The summed E-state index contributed by atoms with van der Waals surface area (Å²) in [5.74, 6) is -0.534. The third-order valence-electron chi connectivity index (χ3n) is 1.85. The first-order valence-electron chi connectivity index (χ1n) is 4.64. The highest BCUT2D eigenvalue weighted by Gasteiger charge is 2.39. The fourth-order valence-corrected chi connectivity index (χ4v) is 2.70. The van der Waals surface area contributed by atoms with Gasteiger partial charge in [-0.2, -0.15) is 0 Å². The highest BCUT2D eigenvalue weighted by molar-refractivity contribution is 6.60. The molecule has 0 aromatic rings. The molecule has 0 spiro atoms. The maximum absolute atomic E-state index is 10.9. The standard InChI is InChI=1S/C9H18O5Si/c1-6-9(10)13-8(3)14-15(7-2,11-4)12-5/h6,8H,1,7H2,2-5H3. The Hall–Kier alpha value is -0.693. The highest BCUT2D eigenvalue weighted by atomic mass is 28.4. The van der Waals surface area contributed by atoms with Crippen LogP contribution in [0, 0.1) is 0 Å². The molecule has 0 heterocycles. The van der Waals surface area contributed by atoms with Crippen molar-refractivity contribution in [3.8, 4) is 0 Å². The first kappa shape index (κ1) is 14.3. The first-order valence-corrected chi connectivity index (χ1v) is 6.58. The minimum atomic E-state index is -2.67. The fraction of sp³-hybridized carbons (Fsp3) is 0.667. The number of carbonyl (C=O) groups excluding carboxylic acids is 1. The fourth-order valence-electron chi connectivity index (χ4n) is 1.04. The molecule has 0 rings (SSSR count). The largest absolute Gasteiger partial charge is 0.502 e. The van der Waals surface area contributed by atoms with Crippen LogP contribution in [0.3, 0.4) is 0 Å². The lowest BCUT2D eigenvalue weighted by Gasteiger charge is -2.27. The minimum absolute atomic E-state index is 0.534. The number of hydrogen-bond acceptors (Lipinski definition) is 5. The molecule has 15 heavy (non-hydrogen) atoms.